The molecular weight excluding hydrogens is 256 g/mol. The normalized spacial score (nSPS) is 9.90. The Hall–Kier alpha value is -2.24. The molecule has 0 saturated carbocycles. The Bertz CT molecular complexity index is 677. The first-order valence-corrected chi connectivity index (χ1v) is 7.16. The average Bonchev–Trinajstić information content (AvgIpc) is 2.45. The topological polar surface area (TPSA) is 29.3 Å². The van der Waals surface area contributed by atoms with Crippen LogP contribution in [-0.2, 0) is 6.54 Å². The van der Waals surface area contributed by atoms with E-state index in [1.54, 1.807) is 0 Å². The lowest BCUT2D eigenvalue weighted by molar-refractivity contribution is 0.916. The third-order valence-electron chi connectivity index (χ3n) is 3.45. The maximum atomic E-state index is 5.42. The molecule has 0 amide bonds. The molecule has 2 heteroatoms. The summed E-state index contributed by atoms with van der Waals surface area (Å²) in [6.45, 7) is 5.53. The Balaban J connectivity index is 2.17. The zero-order chi connectivity index (χ0) is 15.2. The van der Waals surface area contributed by atoms with Crippen molar-refractivity contribution in [3.63, 3.8) is 0 Å². The standard InChI is InChI=1S/C19H22N2/c1-15-9-10-19(16(2)12-15)21(3)14-18-7-4-6-17(13-18)8-5-11-20/h4,6-7,9-10,12-13H,11,14,20H2,1-3H3. The number of nitrogens with two attached hydrogens (primary N) is 1. The maximum Gasteiger partial charge on any atom is 0.0555 e. The second-order valence-electron chi connectivity index (χ2n) is 5.35. The summed E-state index contributed by atoms with van der Waals surface area (Å²) in [5.41, 5.74) is 11.6. The molecule has 0 aliphatic carbocycles. The van der Waals surface area contributed by atoms with Crippen LogP contribution in [0.25, 0.3) is 0 Å². The monoisotopic (exact) mass is 278 g/mol. The van der Waals surface area contributed by atoms with Crippen LogP contribution in [0.3, 0.4) is 0 Å². The van der Waals surface area contributed by atoms with Crippen molar-refractivity contribution >= 4 is 5.69 Å². The van der Waals surface area contributed by atoms with E-state index < -0.39 is 0 Å². The summed E-state index contributed by atoms with van der Waals surface area (Å²) in [6.07, 6.45) is 0. The zero-order valence-electron chi connectivity index (χ0n) is 13.0. The minimum absolute atomic E-state index is 0.396. The summed E-state index contributed by atoms with van der Waals surface area (Å²) < 4.78 is 0. The van der Waals surface area contributed by atoms with E-state index in [0.717, 1.165) is 12.1 Å². The van der Waals surface area contributed by atoms with Crippen LogP contribution >= 0.6 is 0 Å². The number of hydrogen-bond acceptors (Lipinski definition) is 2. The molecule has 2 N–H and O–H groups in total. The fourth-order valence-electron chi connectivity index (χ4n) is 2.49. The van der Waals surface area contributed by atoms with Gasteiger partial charge in [-0.25, -0.2) is 0 Å². The van der Waals surface area contributed by atoms with E-state index in [9.17, 15) is 0 Å². The van der Waals surface area contributed by atoms with Gasteiger partial charge in [-0.3, -0.25) is 0 Å². The quantitative estimate of drug-likeness (QED) is 0.873. The van der Waals surface area contributed by atoms with Gasteiger partial charge in [-0.05, 0) is 43.2 Å². The van der Waals surface area contributed by atoms with E-state index >= 15 is 0 Å². The molecule has 0 aliphatic rings. The smallest absolute Gasteiger partial charge is 0.0555 e. The molecule has 108 valence electrons. The lowest BCUT2D eigenvalue weighted by Crippen LogP contribution is -2.17. The summed E-state index contributed by atoms with van der Waals surface area (Å²) in [5, 5.41) is 0. The number of aryl methyl sites for hydroxylation is 2. The van der Waals surface area contributed by atoms with Crippen LogP contribution < -0.4 is 10.6 Å². The number of anilines is 1. The van der Waals surface area contributed by atoms with Gasteiger partial charge in [0.15, 0.2) is 0 Å². The highest BCUT2D eigenvalue weighted by atomic mass is 15.1. The minimum Gasteiger partial charge on any atom is -0.370 e. The molecule has 0 spiro atoms. The summed E-state index contributed by atoms with van der Waals surface area (Å²) >= 11 is 0. The van der Waals surface area contributed by atoms with Crippen molar-refractivity contribution in [3.8, 4) is 11.8 Å². The highest BCUT2D eigenvalue weighted by molar-refractivity contribution is 5.54. The molecule has 21 heavy (non-hydrogen) atoms. The minimum atomic E-state index is 0.396. The van der Waals surface area contributed by atoms with Gasteiger partial charge in [0.25, 0.3) is 0 Å². The molecule has 2 rings (SSSR count). The second kappa shape index (κ2) is 6.97. The first-order chi connectivity index (χ1) is 10.1. The fourth-order valence-corrected chi connectivity index (χ4v) is 2.49. The van der Waals surface area contributed by atoms with Crippen LogP contribution in [0.5, 0.6) is 0 Å². The molecule has 0 aliphatic heterocycles. The third-order valence-corrected chi connectivity index (χ3v) is 3.45. The zero-order valence-corrected chi connectivity index (χ0v) is 13.0. The first kappa shape index (κ1) is 15.2. The molecule has 0 radical (unpaired) electrons. The molecule has 0 aromatic heterocycles. The van der Waals surface area contributed by atoms with Crippen molar-refractivity contribution in [2.45, 2.75) is 20.4 Å². The van der Waals surface area contributed by atoms with Crippen molar-refractivity contribution in [2.75, 3.05) is 18.5 Å². The van der Waals surface area contributed by atoms with Crippen molar-refractivity contribution < 1.29 is 0 Å². The van der Waals surface area contributed by atoms with Crippen LogP contribution in [0.2, 0.25) is 0 Å². The van der Waals surface area contributed by atoms with Crippen LogP contribution in [0.15, 0.2) is 42.5 Å². The predicted octanol–water partition coefficient (Wildman–Crippen LogP) is 3.25. The van der Waals surface area contributed by atoms with Gasteiger partial charge in [0.05, 0.1) is 6.54 Å². The highest BCUT2D eigenvalue weighted by Crippen LogP contribution is 2.21. The Labute approximate surface area is 127 Å². The molecule has 2 nitrogen and oxygen atoms in total. The SMILES string of the molecule is Cc1ccc(N(C)Cc2cccc(C#CCN)c2)c(C)c1. The number of benzene rings is 2. The van der Waals surface area contributed by atoms with Crippen molar-refractivity contribution in [2.24, 2.45) is 5.73 Å². The number of rotatable bonds is 3. The average molecular weight is 278 g/mol. The van der Waals surface area contributed by atoms with Gasteiger partial charge in [0, 0.05) is 24.8 Å². The van der Waals surface area contributed by atoms with Crippen LogP contribution in [0.1, 0.15) is 22.3 Å². The predicted molar refractivity (Wildman–Crippen MR) is 90.4 cm³/mol. The van der Waals surface area contributed by atoms with Gasteiger partial charge in [0.2, 0.25) is 0 Å². The van der Waals surface area contributed by atoms with E-state index in [-0.39, 0.29) is 0 Å². The van der Waals surface area contributed by atoms with Crippen LogP contribution in [0, 0.1) is 25.7 Å². The Kier molecular flexibility index (Phi) is 5.03. The molecule has 0 bridgehead atoms. The van der Waals surface area contributed by atoms with E-state index in [0.29, 0.717) is 6.54 Å². The van der Waals surface area contributed by atoms with Gasteiger partial charge in [-0.1, -0.05) is 41.7 Å². The first-order valence-electron chi connectivity index (χ1n) is 7.16. The van der Waals surface area contributed by atoms with Gasteiger partial charge in [-0.15, -0.1) is 0 Å². The summed E-state index contributed by atoms with van der Waals surface area (Å²) in [6, 6.07) is 14.9. The molecule has 0 fully saturated rings. The fraction of sp³-hybridized carbons (Fsp3) is 0.263. The van der Waals surface area contributed by atoms with Gasteiger partial charge in [0.1, 0.15) is 0 Å². The van der Waals surface area contributed by atoms with Gasteiger partial charge < -0.3 is 10.6 Å². The van der Waals surface area contributed by atoms with Crippen molar-refractivity contribution in [3.05, 3.63) is 64.7 Å². The van der Waals surface area contributed by atoms with E-state index in [1.807, 2.05) is 12.1 Å². The molecular formula is C19H22N2. The second-order valence-corrected chi connectivity index (χ2v) is 5.35. The van der Waals surface area contributed by atoms with Crippen LogP contribution in [0.4, 0.5) is 5.69 Å². The number of nitrogens with zero attached hydrogens (tertiary/aromatic N) is 1. The molecule has 0 heterocycles. The summed E-state index contributed by atoms with van der Waals surface area (Å²) in [4.78, 5) is 2.27. The molecule has 0 unspecified atom stereocenters. The molecule has 2 aromatic rings. The third kappa shape index (κ3) is 4.11. The maximum absolute atomic E-state index is 5.42. The lowest BCUT2D eigenvalue weighted by Gasteiger charge is -2.22. The van der Waals surface area contributed by atoms with E-state index in [4.69, 9.17) is 5.73 Å². The molecule has 0 atom stereocenters. The van der Waals surface area contributed by atoms with Gasteiger partial charge in [-0.2, -0.15) is 0 Å². The van der Waals surface area contributed by atoms with Crippen molar-refractivity contribution in [1.29, 1.82) is 0 Å². The Morgan fingerprint density at radius 1 is 1.10 bits per heavy atom. The summed E-state index contributed by atoms with van der Waals surface area (Å²) in [5.74, 6) is 5.98. The lowest BCUT2D eigenvalue weighted by atomic mass is 10.1. The van der Waals surface area contributed by atoms with E-state index in [1.165, 1.54) is 22.4 Å². The van der Waals surface area contributed by atoms with E-state index in [2.05, 4.69) is 68.0 Å². The summed E-state index contributed by atoms with van der Waals surface area (Å²) in [7, 11) is 2.12. The number of hydrogen-bond donors (Lipinski definition) is 1. The Morgan fingerprint density at radius 3 is 2.62 bits per heavy atom. The Morgan fingerprint density at radius 2 is 1.90 bits per heavy atom. The largest absolute Gasteiger partial charge is 0.370 e. The molecule has 2 aromatic carbocycles. The highest BCUT2D eigenvalue weighted by Gasteiger charge is 2.05. The molecule has 0 saturated heterocycles. The van der Waals surface area contributed by atoms with Crippen LogP contribution in [-0.4, -0.2) is 13.6 Å². The van der Waals surface area contributed by atoms with Gasteiger partial charge >= 0.3 is 0 Å². The van der Waals surface area contributed by atoms with Crippen molar-refractivity contribution in [1.82, 2.24) is 0 Å².